The summed E-state index contributed by atoms with van der Waals surface area (Å²) >= 11 is 0. The zero-order chi connectivity index (χ0) is 12.0. The van der Waals surface area contributed by atoms with E-state index in [0.717, 1.165) is 25.2 Å². The molecule has 2 N–H and O–H groups in total. The Hall–Kier alpha value is -1.02. The fourth-order valence-corrected chi connectivity index (χ4v) is 1.37. The molecule has 1 aromatic carbocycles. The molecule has 0 amide bonds. The highest BCUT2D eigenvalue weighted by Crippen LogP contribution is 2.19. The number of ether oxygens (including phenoxy) is 1. The molecule has 90 valence electrons. The summed E-state index contributed by atoms with van der Waals surface area (Å²) in [5, 5.41) is 0. The summed E-state index contributed by atoms with van der Waals surface area (Å²) < 4.78 is 5.69. The molecule has 1 rings (SSSR count). The molecule has 0 heterocycles. The van der Waals surface area contributed by atoms with Crippen LogP contribution >= 0.6 is 0 Å². The predicted molar refractivity (Wildman–Crippen MR) is 68.8 cm³/mol. The molecule has 0 bridgehead atoms. The van der Waals surface area contributed by atoms with E-state index in [1.165, 1.54) is 5.56 Å². The van der Waals surface area contributed by atoms with Crippen LogP contribution in [0.2, 0.25) is 0 Å². The molecule has 16 heavy (non-hydrogen) atoms. The van der Waals surface area contributed by atoms with Crippen molar-refractivity contribution < 1.29 is 4.74 Å². The van der Waals surface area contributed by atoms with Crippen molar-refractivity contribution in [2.24, 2.45) is 11.1 Å². The van der Waals surface area contributed by atoms with Crippen molar-refractivity contribution in [1.29, 1.82) is 0 Å². The third-order valence-corrected chi connectivity index (χ3v) is 2.93. The monoisotopic (exact) mass is 221 g/mol. The van der Waals surface area contributed by atoms with E-state index in [4.69, 9.17) is 10.5 Å². The van der Waals surface area contributed by atoms with Crippen LogP contribution in [-0.4, -0.2) is 13.2 Å². The van der Waals surface area contributed by atoms with Gasteiger partial charge >= 0.3 is 0 Å². The third kappa shape index (κ3) is 4.23. The summed E-state index contributed by atoms with van der Waals surface area (Å²) in [5.41, 5.74) is 7.18. The fourth-order valence-electron chi connectivity index (χ4n) is 1.37. The van der Waals surface area contributed by atoms with Gasteiger partial charge in [-0.05, 0) is 42.5 Å². The third-order valence-electron chi connectivity index (χ3n) is 2.93. The van der Waals surface area contributed by atoms with Crippen LogP contribution in [0, 0.1) is 5.41 Å². The molecule has 1 aromatic rings. The maximum atomic E-state index is 5.69. The maximum absolute atomic E-state index is 5.69. The van der Waals surface area contributed by atoms with Gasteiger partial charge in [0.05, 0.1) is 6.61 Å². The standard InChI is InChI=1S/C14H23NO/c1-4-12-5-7-13(8-6-12)16-10-9-14(2,3)11-15/h5-8H,4,9-11,15H2,1-3H3. The van der Waals surface area contributed by atoms with E-state index >= 15 is 0 Å². The minimum absolute atomic E-state index is 0.170. The van der Waals surface area contributed by atoms with Gasteiger partial charge in [0, 0.05) is 0 Å². The Kier molecular flexibility index (Phi) is 4.81. The smallest absolute Gasteiger partial charge is 0.119 e. The zero-order valence-corrected chi connectivity index (χ0v) is 10.6. The molecule has 2 heteroatoms. The van der Waals surface area contributed by atoms with Crippen LogP contribution in [0.5, 0.6) is 5.75 Å². The van der Waals surface area contributed by atoms with E-state index in [1.54, 1.807) is 0 Å². The second-order valence-electron chi connectivity index (χ2n) is 4.96. The summed E-state index contributed by atoms with van der Waals surface area (Å²) in [7, 11) is 0. The topological polar surface area (TPSA) is 35.2 Å². The predicted octanol–water partition coefficient (Wildman–Crippen LogP) is 3.00. The number of aryl methyl sites for hydroxylation is 1. The summed E-state index contributed by atoms with van der Waals surface area (Å²) in [6, 6.07) is 8.30. The Balaban J connectivity index is 2.37. The van der Waals surface area contributed by atoms with Gasteiger partial charge in [-0.25, -0.2) is 0 Å². The van der Waals surface area contributed by atoms with Crippen molar-refractivity contribution >= 4 is 0 Å². The van der Waals surface area contributed by atoms with Gasteiger partial charge in [-0.3, -0.25) is 0 Å². The van der Waals surface area contributed by atoms with Gasteiger partial charge in [-0.1, -0.05) is 32.9 Å². The van der Waals surface area contributed by atoms with Crippen molar-refractivity contribution in [3.63, 3.8) is 0 Å². The second kappa shape index (κ2) is 5.90. The molecule has 0 radical (unpaired) electrons. The number of hydrogen-bond donors (Lipinski definition) is 1. The SMILES string of the molecule is CCc1ccc(OCCC(C)(C)CN)cc1. The molecular formula is C14H23NO. The van der Waals surface area contributed by atoms with Crippen molar-refractivity contribution in [3.8, 4) is 5.75 Å². The molecule has 0 fully saturated rings. The average molecular weight is 221 g/mol. The first-order valence-corrected chi connectivity index (χ1v) is 5.99. The highest BCUT2D eigenvalue weighted by atomic mass is 16.5. The molecular weight excluding hydrogens is 198 g/mol. The minimum atomic E-state index is 0.170. The lowest BCUT2D eigenvalue weighted by molar-refractivity contribution is 0.233. The summed E-state index contributed by atoms with van der Waals surface area (Å²) in [5.74, 6) is 0.949. The highest BCUT2D eigenvalue weighted by molar-refractivity contribution is 5.27. The molecule has 0 saturated carbocycles. The largest absolute Gasteiger partial charge is 0.494 e. The lowest BCUT2D eigenvalue weighted by atomic mass is 9.90. The number of hydrogen-bond acceptors (Lipinski definition) is 2. The first-order valence-electron chi connectivity index (χ1n) is 5.99. The van der Waals surface area contributed by atoms with Crippen LogP contribution in [0.25, 0.3) is 0 Å². The van der Waals surface area contributed by atoms with Gasteiger partial charge < -0.3 is 10.5 Å². The molecule has 2 nitrogen and oxygen atoms in total. The lowest BCUT2D eigenvalue weighted by Crippen LogP contribution is -2.25. The van der Waals surface area contributed by atoms with Gasteiger partial charge in [0.15, 0.2) is 0 Å². The number of rotatable bonds is 6. The van der Waals surface area contributed by atoms with E-state index in [2.05, 4.69) is 32.9 Å². The fraction of sp³-hybridized carbons (Fsp3) is 0.571. The molecule has 0 aliphatic heterocycles. The van der Waals surface area contributed by atoms with E-state index in [-0.39, 0.29) is 5.41 Å². The zero-order valence-electron chi connectivity index (χ0n) is 10.6. The Morgan fingerprint density at radius 1 is 1.19 bits per heavy atom. The molecule has 0 atom stereocenters. The Labute approximate surface area is 98.8 Å². The Morgan fingerprint density at radius 3 is 2.31 bits per heavy atom. The van der Waals surface area contributed by atoms with Crippen LogP contribution in [0.1, 0.15) is 32.8 Å². The van der Waals surface area contributed by atoms with Gasteiger partial charge in [0.1, 0.15) is 5.75 Å². The van der Waals surface area contributed by atoms with Crippen LogP contribution in [-0.2, 0) is 6.42 Å². The highest BCUT2D eigenvalue weighted by Gasteiger charge is 2.14. The first kappa shape index (κ1) is 13.0. The number of benzene rings is 1. The minimum Gasteiger partial charge on any atom is -0.494 e. The molecule has 0 aromatic heterocycles. The van der Waals surface area contributed by atoms with Gasteiger partial charge in [0.2, 0.25) is 0 Å². The van der Waals surface area contributed by atoms with Crippen molar-refractivity contribution in [1.82, 2.24) is 0 Å². The van der Waals surface area contributed by atoms with E-state index < -0.39 is 0 Å². The maximum Gasteiger partial charge on any atom is 0.119 e. The normalized spacial score (nSPS) is 11.5. The van der Waals surface area contributed by atoms with Crippen LogP contribution in [0.4, 0.5) is 0 Å². The molecule has 0 spiro atoms. The van der Waals surface area contributed by atoms with Crippen LogP contribution in [0.3, 0.4) is 0 Å². The van der Waals surface area contributed by atoms with E-state index in [0.29, 0.717) is 6.54 Å². The van der Waals surface area contributed by atoms with Gasteiger partial charge in [-0.2, -0.15) is 0 Å². The quantitative estimate of drug-likeness (QED) is 0.801. The van der Waals surface area contributed by atoms with E-state index in [9.17, 15) is 0 Å². The van der Waals surface area contributed by atoms with Crippen LogP contribution < -0.4 is 10.5 Å². The average Bonchev–Trinajstić information content (AvgIpc) is 2.30. The van der Waals surface area contributed by atoms with E-state index in [1.807, 2.05) is 12.1 Å². The van der Waals surface area contributed by atoms with Crippen LogP contribution in [0.15, 0.2) is 24.3 Å². The molecule has 0 aliphatic carbocycles. The second-order valence-corrected chi connectivity index (χ2v) is 4.96. The summed E-state index contributed by atoms with van der Waals surface area (Å²) in [6.07, 6.45) is 2.06. The lowest BCUT2D eigenvalue weighted by Gasteiger charge is -2.22. The van der Waals surface area contributed by atoms with Crippen molar-refractivity contribution in [2.45, 2.75) is 33.6 Å². The van der Waals surface area contributed by atoms with Gasteiger partial charge in [-0.15, -0.1) is 0 Å². The Bertz CT molecular complexity index is 303. The first-order chi connectivity index (χ1) is 7.57. The molecule has 0 saturated heterocycles. The van der Waals surface area contributed by atoms with Gasteiger partial charge in [0.25, 0.3) is 0 Å². The number of nitrogens with two attached hydrogens (primary N) is 1. The summed E-state index contributed by atoms with van der Waals surface area (Å²) in [4.78, 5) is 0. The molecule has 0 aliphatic rings. The molecule has 0 unspecified atom stereocenters. The van der Waals surface area contributed by atoms with Crippen molar-refractivity contribution in [2.75, 3.05) is 13.2 Å². The van der Waals surface area contributed by atoms with Crippen molar-refractivity contribution in [3.05, 3.63) is 29.8 Å². The Morgan fingerprint density at radius 2 is 1.81 bits per heavy atom. The summed E-state index contributed by atoms with van der Waals surface area (Å²) in [6.45, 7) is 7.91.